The van der Waals surface area contributed by atoms with Crippen LogP contribution in [0.1, 0.15) is 56.1 Å². The second kappa shape index (κ2) is 5.86. The summed E-state index contributed by atoms with van der Waals surface area (Å²) in [5, 5.41) is 3.23. The summed E-state index contributed by atoms with van der Waals surface area (Å²) in [6.45, 7) is 3.79. The van der Waals surface area contributed by atoms with E-state index in [4.69, 9.17) is 0 Å². The minimum atomic E-state index is 0.123. The summed E-state index contributed by atoms with van der Waals surface area (Å²) < 4.78 is 0. The summed E-state index contributed by atoms with van der Waals surface area (Å²) in [5.74, 6) is 0.428. The molecule has 2 amide bonds. The average molecular weight is 272 g/mol. The van der Waals surface area contributed by atoms with Crippen LogP contribution in [-0.4, -0.2) is 23.5 Å². The number of nitrogens with one attached hydrogen (secondary N) is 1. The Bertz CT molecular complexity index is 480. The Labute approximate surface area is 121 Å². The van der Waals surface area contributed by atoms with Crippen LogP contribution in [0, 0.1) is 0 Å². The number of amides is 2. The summed E-state index contributed by atoms with van der Waals surface area (Å²) in [5.41, 5.74) is 2.69. The van der Waals surface area contributed by atoms with Gasteiger partial charge in [-0.1, -0.05) is 50.5 Å². The highest BCUT2D eigenvalue weighted by atomic mass is 16.2. The topological polar surface area (TPSA) is 32.3 Å². The normalized spacial score (nSPS) is 23.2. The maximum atomic E-state index is 12.4. The Morgan fingerprint density at radius 1 is 1.20 bits per heavy atom. The van der Waals surface area contributed by atoms with E-state index in [1.54, 1.807) is 0 Å². The lowest BCUT2D eigenvalue weighted by molar-refractivity contribution is 0.180. The molecule has 0 radical (unpaired) electrons. The van der Waals surface area contributed by atoms with E-state index in [0.29, 0.717) is 12.0 Å². The number of nitrogens with zero attached hydrogens (tertiary/aromatic N) is 1. The number of fused-ring (bicyclic) bond motifs is 1. The molecule has 20 heavy (non-hydrogen) atoms. The second-order valence-electron chi connectivity index (χ2n) is 6.26. The van der Waals surface area contributed by atoms with E-state index in [1.807, 2.05) is 4.90 Å². The Balaban J connectivity index is 1.65. The first kappa shape index (κ1) is 13.5. The van der Waals surface area contributed by atoms with E-state index in [0.717, 1.165) is 25.9 Å². The first-order chi connectivity index (χ1) is 9.74. The average Bonchev–Trinajstić information content (AvgIpc) is 2.48. The van der Waals surface area contributed by atoms with Crippen LogP contribution < -0.4 is 5.32 Å². The van der Waals surface area contributed by atoms with Gasteiger partial charge in [0.15, 0.2) is 0 Å². The summed E-state index contributed by atoms with van der Waals surface area (Å²) in [6, 6.07) is 9.01. The molecule has 108 valence electrons. The molecule has 0 bridgehead atoms. The van der Waals surface area contributed by atoms with Crippen molar-refractivity contribution in [2.24, 2.45) is 0 Å². The molecule has 0 aromatic heterocycles. The largest absolute Gasteiger partial charge is 0.335 e. The Hall–Kier alpha value is -1.51. The molecule has 1 aliphatic heterocycles. The molecule has 2 aliphatic rings. The van der Waals surface area contributed by atoms with Gasteiger partial charge in [0.2, 0.25) is 0 Å². The Kier molecular flexibility index (Phi) is 3.95. The molecule has 1 atom stereocenters. The van der Waals surface area contributed by atoms with Crippen LogP contribution in [0.2, 0.25) is 0 Å². The zero-order chi connectivity index (χ0) is 13.9. The third-order valence-corrected chi connectivity index (χ3v) is 4.66. The lowest BCUT2D eigenvalue weighted by Gasteiger charge is -2.34. The zero-order valence-corrected chi connectivity index (χ0v) is 12.3. The van der Waals surface area contributed by atoms with Crippen molar-refractivity contribution in [1.82, 2.24) is 10.2 Å². The highest BCUT2D eigenvalue weighted by molar-refractivity contribution is 5.75. The van der Waals surface area contributed by atoms with Gasteiger partial charge in [-0.05, 0) is 29.9 Å². The van der Waals surface area contributed by atoms with Crippen molar-refractivity contribution in [2.75, 3.05) is 6.54 Å². The summed E-state index contributed by atoms with van der Waals surface area (Å²) >= 11 is 0. The lowest BCUT2D eigenvalue weighted by atomic mass is 9.91. The molecule has 3 rings (SSSR count). The van der Waals surface area contributed by atoms with Crippen LogP contribution in [0.5, 0.6) is 0 Å². The highest BCUT2D eigenvalue weighted by Gasteiger charge is 2.26. The van der Waals surface area contributed by atoms with Crippen molar-refractivity contribution in [3.05, 3.63) is 35.4 Å². The van der Waals surface area contributed by atoms with Crippen molar-refractivity contribution < 1.29 is 4.79 Å². The predicted molar refractivity (Wildman–Crippen MR) is 80.7 cm³/mol. The van der Waals surface area contributed by atoms with Gasteiger partial charge >= 0.3 is 6.03 Å². The summed E-state index contributed by atoms with van der Waals surface area (Å²) in [6.07, 6.45) is 6.12. The van der Waals surface area contributed by atoms with Crippen LogP contribution in [0.15, 0.2) is 24.3 Å². The van der Waals surface area contributed by atoms with Crippen molar-refractivity contribution in [3.8, 4) is 0 Å². The van der Waals surface area contributed by atoms with Gasteiger partial charge in [-0.15, -0.1) is 0 Å². The van der Waals surface area contributed by atoms with Crippen LogP contribution in [-0.2, 0) is 6.54 Å². The summed E-state index contributed by atoms with van der Waals surface area (Å²) in [4.78, 5) is 14.4. The van der Waals surface area contributed by atoms with Gasteiger partial charge in [-0.2, -0.15) is 0 Å². The fourth-order valence-corrected chi connectivity index (χ4v) is 3.53. The molecule has 1 aliphatic carbocycles. The van der Waals surface area contributed by atoms with Gasteiger partial charge in [-0.25, -0.2) is 4.79 Å². The number of carbonyl (C=O) groups excluding carboxylic acids is 1. The molecule has 3 heteroatoms. The van der Waals surface area contributed by atoms with Gasteiger partial charge in [0, 0.05) is 19.1 Å². The van der Waals surface area contributed by atoms with Crippen molar-refractivity contribution in [1.29, 1.82) is 0 Å². The quantitative estimate of drug-likeness (QED) is 0.831. The van der Waals surface area contributed by atoms with Gasteiger partial charge < -0.3 is 10.2 Å². The van der Waals surface area contributed by atoms with E-state index in [1.165, 1.54) is 30.4 Å². The fourth-order valence-electron chi connectivity index (χ4n) is 3.53. The van der Waals surface area contributed by atoms with Crippen molar-refractivity contribution in [2.45, 2.75) is 57.5 Å². The van der Waals surface area contributed by atoms with Crippen LogP contribution >= 0.6 is 0 Å². The molecule has 1 saturated carbocycles. The number of carbonyl (C=O) groups is 1. The molecule has 1 heterocycles. The summed E-state index contributed by atoms with van der Waals surface area (Å²) in [7, 11) is 0. The van der Waals surface area contributed by atoms with E-state index >= 15 is 0 Å². The maximum absolute atomic E-state index is 12.4. The van der Waals surface area contributed by atoms with Crippen LogP contribution in [0.4, 0.5) is 4.79 Å². The zero-order valence-electron chi connectivity index (χ0n) is 12.3. The van der Waals surface area contributed by atoms with E-state index in [9.17, 15) is 4.79 Å². The van der Waals surface area contributed by atoms with Gasteiger partial charge in [-0.3, -0.25) is 0 Å². The van der Waals surface area contributed by atoms with Crippen molar-refractivity contribution in [3.63, 3.8) is 0 Å². The van der Waals surface area contributed by atoms with Gasteiger partial charge in [0.25, 0.3) is 0 Å². The first-order valence-electron chi connectivity index (χ1n) is 7.87. The van der Waals surface area contributed by atoms with Gasteiger partial charge in [0.05, 0.1) is 0 Å². The van der Waals surface area contributed by atoms with Gasteiger partial charge in [0.1, 0.15) is 0 Å². The minimum Gasteiger partial charge on any atom is -0.335 e. The maximum Gasteiger partial charge on any atom is 0.317 e. The highest BCUT2D eigenvalue weighted by Crippen LogP contribution is 2.28. The molecular formula is C17H24N2O. The minimum absolute atomic E-state index is 0.123. The molecule has 3 nitrogen and oxygen atoms in total. The molecule has 1 N–H and O–H groups in total. The third kappa shape index (κ3) is 2.82. The molecule has 1 unspecified atom stereocenters. The number of hydrogen-bond acceptors (Lipinski definition) is 1. The second-order valence-corrected chi connectivity index (χ2v) is 6.26. The number of rotatable bonds is 1. The fraction of sp³-hybridized carbons (Fsp3) is 0.588. The SMILES string of the molecule is CC1CN(C(=O)NC2CCCCC2)Cc2ccccc21. The molecule has 0 saturated heterocycles. The van der Waals surface area contributed by atoms with Crippen molar-refractivity contribution >= 4 is 6.03 Å². The van der Waals surface area contributed by atoms with E-state index < -0.39 is 0 Å². The van der Waals surface area contributed by atoms with E-state index in [-0.39, 0.29) is 6.03 Å². The molecule has 1 aromatic carbocycles. The monoisotopic (exact) mass is 272 g/mol. The number of benzene rings is 1. The lowest BCUT2D eigenvalue weighted by Crippen LogP contribution is -2.47. The molecular weight excluding hydrogens is 248 g/mol. The van der Waals surface area contributed by atoms with Crippen LogP contribution in [0.25, 0.3) is 0 Å². The third-order valence-electron chi connectivity index (χ3n) is 4.66. The molecule has 1 aromatic rings. The Morgan fingerprint density at radius 3 is 2.75 bits per heavy atom. The number of hydrogen-bond donors (Lipinski definition) is 1. The van der Waals surface area contributed by atoms with Crippen LogP contribution in [0.3, 0.4) is 0 Å². The number of urea groups is 1. The first-order valence-corrected chi connectivity index (χ1v) is 7.87. The van der Waals surface area contributed by atoms with E-state index in [2.05, 4.69) is 36.5 Å². The Morgan fingerprint density at radius 2 is 1.95 bits per heavy atom. The molecule has 1 fully saturated rings. The smallest absolute Gasteiger partial charge is 0.317 e. The predicted octanol–water partition coefficient (Wildman–Crippen LogP) is 3.65. The standard InChI is InChI=1S/C17H24N2O/c1-13-11-19(12-14-7-5-6-10-16(13)14)17(20)18-15-8-3-2-4-9-15/h5-7,10,13,15H,2-4,8-9,11-12H2,1H3,(H,18,20). The molecule has 0 spiro atoms.